The number of fused-ring (bicyclic) bond motifs is 3. The summed E-state index contributed by atoms with van der Waals surface area (Å²) in [6.45, 7) is 0. The Kier molecular flexibility index (Phi) is 5.35. The number of ether oxygens (including phenoxy) is 1. The third-order valence-corrected chi connectivity index (χ3v) is 7.90. The van der Waals surface area contributed by atoms with Crippen LogP contribution in [0.15, 0.2) is 82.1 Å². The van der Waals surface area contributed by atoms with Gasteiger partial charge in [-0.1, -0.05) is 71.5 Å². The molecule has 0 amide bonds. The maximum absolute atomic E-state index is 13.8. The molecule has 1 aromatic heterocycles. The van der Waals surface area contributed by atoms with E-state index < -0.39 is 0 Å². The maximum atomic E-state index is 13.8. The van der Waals surface area contributed by atoms with Crippen molar-refractivity contribution in [3.05, 3.63) is 119 Å². The van der Waals surface area contributed by atoms with Gasteiger partial charge in [-0.2, -0.15) is 0 Å². The quantitative estimate of drug-likeness (QED) is 0.444. The van der Waals surface area contributed by atoms with Crippen molar-refractivity contribution in [3.8, 4) is 11.5 Å². The summed E-state index contributed by atoms with van der Waals surface area (Å²) in [5.41, 5.74) is 5.98. The zero-order valence-electron chi connectivity index (χ0n) is 18.9. The van der Waals surface area contributed by atoms with E-state index in [4.69, 9.17) is 21.3 Å². The van der Waals surface area contributed by atoms with Gasteiger partial charge in [0.2, 0.25) is 0 Å². The summed E-state index contributed by atoms with van der Waals surface area (Å²) in [4.78, 5) is 19.5. The maximum Gasteiger partial charge on any atom is 0.271 e. The Balaban J connectivity index is 1.62. The summed E-state index contributed by atoms with van der Waals surface area (Å²) in [5, 5.41) is 10.6. The molecule has 4 aromatic rings. The van der Waals surface area contributed by atoms with E-state index in [9.17, 15) is 9.90 Å². The zero-order valence-corrected chi connectivity index (χ0v) is 20.4. The summed E-state index contributed by atoms with van der Waals surface area (Å²) in [6, 6.07) is 20.8. The largest absolute Gasteiger partial charge is 0.504 e. The normalized spacial score (nSPS) is 16.9. The minimum atomic E-state index is -0.320. The van der Waals surface area contributed by atoms with Gasteiger partial charge in [0.25, 0.3) is 5.56 Å². The van der Waals surface area contributed by atoms with Gasteiger partial charge in [-0.05, 0) is 59.4 Å². The molecule has 6 rings (SSSR count). The van der Waals surface area contributed by atoms with Crippen LogP contribution in [0.1, 0.15) is 34.7 Å². The number of methoxy groups -OCH3 is 1. The molecular formula is C28H21ClN2O3S. The molecule has 1 atom stereocenters. The Morgan fingerprint density at radius 1 is 1.11 bits per heavy atom. The van der Waals surface area contributed by atoms with Crippen molar-refractivity contribution in [2.24, 2.45) is 4.99 Å². The highest BCUT2D eigenvalue weighted by Gasteiger charge is 2.33. The first-order valence-electron chi connectivity index (χ1n) is 11.3. The van der Waals surface area contributed by atoms with E-state index in [0.29, 0.717) is 20.1 Å². The van der Waals surface area contributed by atoms with Crippen LogP contribution in [0.3, 0.4) is 0 Å². The van der Waals surface area contributed by atoms with Crippen LogP contribution in [0.5, 0.6) is 11.5 Å². The van der Waals surface area contributed by atoms with Gasteiger partial charge in [-0.25, -0.2) is 4.99 Å². The predicted molar refractivity (Wildman–Crippen MR) is 139 cm³/mol. The highest BCUT2D eigenvalue weighted by molar-refractivity contribution is 7.07. The third-order valence-electron chi connectivity index (χ3n) is 6.57. The van der Waals surface area contributed by atoms with Crippen LogP contribution in [-0.2, 0) is 6.42 Å². The fourth-order valence-electron chi connectivity index (χ4n) is 4.93. The van der Waals surface area contributed by atoms with Crippen molar-refractivity contribution >= 4 is 34.7 Å². The molecule has 2 aliphatic rings. The smallest absolute Gasteiger partial charge is 0.271 e. The summed E-state index contributed by atoms with van der Waals surface area (Å²) >= 11 is 8.04. The van der Waals surface area contributed by atoms with Gasteiger partial charge in [-0.3, -0.25) is 9.36 Å². The monoisotopic (exact) mass is 500 g/mol. The van der Waals surface area contributed by atoms with Crippen molar-refractivity contribution < 1.29 is 9.84 Å². The number of thiazole rings is 1. The fourth-order valence-corrected chi connectivity index (χ4v) is 6.17. The zero-order chi connectivity index (χ0) is 24.1. The van der Waals surface area contributed by atoms with Crippen LogP contribution in [0.4, 0.5) is 0 Å². The molecule has 35 heavy (non-hydrogen) atoms. The topological polar surface area (TPSA) is 63.8 Å². The molecule has 0 fully saturated rings. The minimum absolute atomic E-state index is 0.0520. The van der Waals surface area contributed by atoms with Crippen LogP contribution >= 0.6 is 22.9 Å². The van der Waals surface area contributed by atoms with Crippen molar-refractivity contribution in [1.29, 1.82) is 0 Å². The second kappa shape index (κ2) is 8.56. The third kappa shape index (κ3) is 3.61. The number of phenols is 1. The lowest BCUT2D eigenvalue weighted by Gasteiger charge is -2.31. The van der Waals surface area contributed by atoms with Crippen molar-refractivity contribution in [1.82, 2.24) is 4.57 Å². The molecule has 7 heteroatoms. The van der Waals surface area contributed by atoms with E-state index in [0.717, 1.165) is 40.8 Å². The standard InChI is InChI=1S/C28H21ClN2O3S/c1-34-23-14-16(10-13-22(23)32)15-24-27(33)31-26(19-8-4-5-9-21(19)29)20-12-11-17-6-2-3-7-18(17)25(20)30-28(31)35-24/h2-10,13-15,26,32H,11-12H2,1H3. The molecule has 5 nitrogen and oxygen atoms in total. The number of aromatic nitrogens is 1. The van der Waals surface area contributed by atoms with Gasteiger partial charge in [0.15, 0.2) is 16.3 Å². The second-order valence-electron chi connectivity index (χ2n) is 8.57. The molecule has 0 saturated carbocycles. The van der Waals surface area contributed by atoms with Gasteiger partial charge in [0, 0.05) is 10.6 Å². The Labute approximate surface area is 210 Å². The Hall–Kier alpha value is -3.61. The molecule has 1 aliphatic carbocycles. The Morgan fingerprint density at radius 3 is 2.74 bits per heavy atom. The lowest BCUT2D eigenvalue weighted by atomic mass is 9.83. The lowest BCUT2D eigenvalue weighted by molar-refractivity contribution is 0.373. The number of allylic oxidation sites excluding steroid dienone is 1. The number of benzene rings is 3. The SMILES string of the molecule is COc1cc(C=c2sc3n(c2=O)C(c2ccccc2Cl)C2=C(N=3)c3ccccc3CC2)ccc1O. The molecule has 174 valence electrons. The summed E-state index contributed by atoms with van der Waals surface area (Å²) < 4.78 is 7.57. The van der Waals surface area contributed by atoms with Crippen molar-refractivity contribution in [2.75, 3.05) is 7.11 Å². The molecule has 0 radical (unpaired) electrons. The first kappa shape index (κ1) is 21.9. The van der Waals surface area contributed by atoms with Crippen LogP contribution in [0.25, 0.3) is 11.8 Å². The van der Waals surface area contributed by atoms with E-state index in [2.05, 4.69) is 18.2 Å². The average molecular weight is 501 g/mol. The van der Waals surface area contributed by atoms with E-state index in [1.807, 2.05) is 36.4 Å². The number of aromatic hydroxyl groups is 1. The van der Waals surface area contributed by atoms with Gasteiger partial charge in [0.05, 0.1) is 23.4 Å². The van der Waals surface area contributed by atoms with Crippen molar-refractivity contribution in [3.63, 3.8) is 0 Å². The van der Waals surface area contributed by atoms with Crippen LogP contribution in [0.2, 0.25) is 5.02 Å². The first-order chi connectivity index (χ1) is 17.0. The lowest BCUT2D eigenvalue weighted by Crippen LogP contribution is -2.38. The molecule has 3 aromatic carbocycles. The molecule has 0 saturated heterocycles. The number of rotatable bonds is 3. The van der Waals surface area contributed by atoms with Gasteiger partial charge < -0.3 is 9.84 Å². The first-order valence-corrected chi connectivity index (χ1v) is 12.5. The molecule has 2 heterocycles. The highest BCUT2D eigenvalue weighted by Crippen LogP contribution is 2.42. The summed E-state index contributed by atoms with van der Waals surface area (Å²) in [5.74, 6) is 0.406. The number of phenolic OH excluding ortho intramolecular Hbond substituents is 1. The summed E-state index contributed by atoms with van der Waals surface area (Å²) in [6.07, 6.45) is 3.51. The Bertz CT molecular complexity index is 1700. The summed E-state index contributed by atoms with van der Waals surface area (Å²) in [7, 11) is 1.50. The molecule has 1 aliphatic heterocycles. The van der Waals surface area contributed by atoms with Crippen LogP contribution < -0.4 is 19.6 Å². The average Bonchev–Trinajstić information content (AvgIpc) is 3.18. The number of halogens is 1. The van der Waals surface area contributed by atoms with Crippen molar-refractivity contribution in [2.45, 2.75) is 18.9 Å². The number of hydrogen-bond donors (Lipinski definition) is 1. The second-order valence-corrected chi connectivity index (χ2v) is 9.98. The van der Waals surface area contributed by atoms with E-state index in [1.165, 1.54) is 24.0 Å². The van der Waals surface area contributed by atoms with Gasteiger partial charge in [0.1, 0.15) is 0 Å². The van der Waals surface area contributed by atoms with Crippen LogP contribution in [-0.4, -0.2) is 16.8 Å². The van der Waals surface area contributed by atoms with E-state index in [-0.39, 0.29) is 17.4 Å². The molecule has 1 N–H and O–H groups in total. The number of hydrogen-bond acceptors (Lipinski definition) is 5. The van der Waals surface area contributed by atoms with E-state index >= 15 is 0 Å². The molecular weight excluding hydrogens is 480 g/mol. The highest BCUT2D eigenvalue weighted by atomic mass is 35.5. The molecule has 0 spiro atoms. The minimum Gasteiger partial charge on any atom is -0.504 e. The fraction of sp³-hybridized carbons (Fsp3) is 0.143. The Morgan fingerprint density at radius 2 is 1.91 bits per heavy atom. The van der Waals surface area contributed by atoms with Gasteiger partial charge in [-0.15, -0.1) is 0 Å². The predicted octanol–water partition coefficient (Wildman–Crippen LogP) is 4.69. The molecule has 1 unspecified atom stereocenters. The molecule has 0 bridgehead atoms. The number of nitrogens with zero attached hydrogens (tertiary/aromatic N) is 2. The van der Waals surface area contributed by atoms with Gasteiger partial charge >= 0.3 is 0 Å². The van der Waals surface area contributed by atoms with Crippen LogP contribution in [0, 0.1) is 0 Å². The number of aryl methyl sites for hydroxylation is 1. The van der Waals surface area contributed by atoms with E-state index in [1.54, 1.807) is 22.8 Å².